The molecule has 1 heterocycles. The van der Waals surface area contributed by atoms with Crippen LogP contribution in [0.4, 0.5) is 4.39 Å². The van der Waals surface area contributed by atoms with E-state index in [1.807, 2.05) is 0 Å². The third-order valence-electron chi connectivity index (χ3n) is 4.90. The van der Waals surface area contributed by atoms with Gasteiger partial charge in [-0.15, -0.1) is 0 Å². The molecular formula is C22H25FN2O6S. The lowest BCUT2D eigenvalue weighted by Gasteiger charge is -2.31. The molecule has 8 nitrogen and oxygen atoms in total. The number of carbonyl (C=O) groups excluding carboxylic acids is 1. The monoisotopic (exact) mass is 464 g/mol. The fraction of sp³-hybridized carbons (Fsp3) is 0.318. The number of amides is 1. The van der Waals surface area contributed by atoms with Crippen LogP contribution in [0, 0.1) is 5.82 Å². The summed E-state index contributed by atoms with van der Waals surface area (Å²) in [7, 11) is -2.46. The number of ether oxygens (including phenoxy) is 2. The molecule has 32 heavy (non-hydrogen) atoms. The molecule has 172 valence electrons. The predicted octanol–water partition coefficient (Wildman–Crippen LogP) is 1.50. The van der Waals surface area contributed by atoms with Crippen molar-refractivity contribution in [3.8, 4) is 5.75 Å². The molecule has 0 radical (unpaired) electrons. The van der Waals surface area contributed by atoms with Crippen LogP contribution in [0.3, 0.4) is 0 Å². The Labute approximate surface area is 186 Å². The first-order valence-electron chi connectivity index (χ1n) is 9.93. The molecule has 1 aliphatic heterocycles. The van der Waals surface area contributed by atoms with Gasteiger partial charge in [-0.1, -0.05) is 30.4 Å². The van der Waals surface area contributed by atoms with E-state index in [0.717, 1.165) is 5.56 Å². The van der Waals surface area contributed by atoms with Gasteiger partial charge in [-0.05, 0) is 29.8 Å². The number of carbonyl (C=O) groups is 1. The van der Waals surface area contributed by atoms with Gasteiger partial charge < -0.3 is 19.9 Å². The molecule has 2 aromatic carbocycles. The maximum Gasteiger partial charge on any atom is 0.241 e. The summed E-state index contributed by atoms with van der Waals surface area (Å²) in [4.78, 5) is 12.2. The van der Waals surface area contributed by atoms with E-state index in [1.165, 1.54) is 31.4 Å². The third kappa shape index (κ3) is 6.36. The number of aliphatic hydroxyl groups is 1. The number of hydrogen-bond donors (Lipinski definition) is 3. The molecular weight excluding hydrogens is 439 g/mol. The highest BCUT2D eigenvalue weighted by molar-refractivity contribution is 7.89. The van der Waals surface area contributed by atoms with E-state index in [9.17, 15) is 22.7 Å². The zero-order chi connectivity index (χ0) is 23.1. The van der Waals surface area contributed by atoms with Gasteiger partial charge in [0.15, 0.2) is 0 Å². The first-order chi connectivity index (χ1) is 15.3. The Morgan fingerprint density at radius 2 is 1.94 bits per heavy atom. The van der Waals surface area contributed by atoms with E-state index in [0.29, 0.717) is 5.75 Å². The largest absolute Gasteiger partial charge is 0.497 e. The summed E-state index contributed by atoms with van der Waals surface area (Å²) in [6.45, 7) is -0.203. The molecule has 0 spiro atoms. The van der Waals surface area contributed by atoms with Crippen molar-refractivity contribution in [1.29, 1.82) is 0 Å². The highest BCUT2D eigenvalue weighted by Crippen LogP contribution is 2.20. The summed E-state index contributed by atoms with van der Waals surface area (Å²) in [5, 5.41) is 12.4. The Balaban J connectivity index is 1.59. The number of hydrogen-bond acceptors (Lipinski definition) is 6. The van der Waals surface area contributed by atoms with Crippen LogP contribution in [0.5, 0.6) is 5.75 Å². The number of aliphatic hydroxyl groups excluding tert-OH is 1. The molecule has 3 atom stereocenters. The van der Waals surface area contributed by atoms with Crippen LogP contribution in [0.2, 0.25) is 0 Å². The molecule has 1 aliphatic rings. The molecule has 10 heteroatoms. The van der Waals surface area contributed by atoms with E-state index < -0.39 is 34.9 Å². The van der Waals surface area contributed by atoms with E-state index in [1.54, 1.807) is 36.4 Å². The lowest BCUT2D eigenvalue weighted by molar-refractivity contribution is -0.125. The molecule has 0 aromatic heterocycles. The van der Waals surface area contributed by atoms with E-state index >= 15 is 0 Å². The minimum absolute atomic E-state index is 0.0104. The second-order valence-corrected chi connectivity index (χ2v) is 8.93. The highest BCUT2D eigenvalue weighted by Gasteiger charge is 2.31. The Morgan fingerprint density at radius 3 is 2.62 bits per heavy atom. The van der Waals surface area contributed by atoms with Crippen molar-refractivity contribution in [1.82, 2.24) is 10.0 Å². The van der Waals surface area contributed by atoms with E-state index in [4.69, 9.17) is 9.47 Å². The summed E-state index contributed by atoms with van der Waals surface area (Å²) in [5.41, 5.74) is 0.750. The van der Waals surface area contributed by atoms with E-state index in [-0.39, 0.29) is 29.6 Å². The second kappa shape index (κ2) is 10.7. The number of halogens is 1. The average molecular weight is 465 g/mol. The molecule has 0 unspecified atom stereocenters. The van der Waals surface area contributed by atoms with Crippen molar-refractivity contribution in [2.24, 2.45) is 0 Å². The fourth-order valence-corrected chi connectivity index (χ4v) is 4.44. The SMILES string of the molecule is COc1cccc(S(=O)(=O)N[C@@H]2C=C[C@@H](CC(=O)NCc3ccc(F)cc3)O[C@H]2CO)c1. The van der Waals surface area contributed by atoms with Gasteiger partial charge in [-0.2, -0.15) is 0 Å². The van der Waals surface area contributed by atoms with Gasteiger partial charge in [0.25, 0.3) is 0 Å². The van der Waals surface area contributed by atoms with Gasteiger partial charge in [-0.25, -0.2) is 17.5 Å². The minimum Gasteiger partial charge on any atom is -0.497 e. The normalized spacial score (nSPS) is 20.7. The summed E-state index contributed by atoms with van der Waals surface area (Å²) >= 11 is 0. The Hall–Kier alpha value is -2.79. The zero-order valence-corrected chi connectivity index (χ0v) is 18.2. The van der Waals surface area contributed by atoms with Crippen molar-refractivity contribution in [3.63, 3.8) is 0 Å². The fourth-order valence-electron chi connectivity index (χ4n) is 3.18. The molecule has 3 rings (SSSR count). The molecule has 0 bridgehead atoms. The van der Waals surface area contributed by atoms with Crippen LogP contribution in [-0.4, -0.2) is 51.4 Å². The third-order valence-corrected chi connectivity index (χ3v) is 6.35. The first kappa shape index (κ1) is 23.9. The van der Waals surface area contributed by atoms with Crippen molar-refractivity contribution in [2.75, 3.05) is 13.7 Å². The average Bonchev–Trinajstić information content (AvgIpc) is 2.79. The van der Waals surface area contributed by atoms with E-state index in [2.05, 4.69) is 10.0 Å². The molecule has 2 aromatic rings. The predicted molar refractivity (Wildman–Crippen MR) is 115 cm³/mol. The van der Waals surface area contributed by atoms with Crippen LogP contribution in [0.1, 0.15) is 12.0 Å². The first-order valence-corrected chi connectivity index (χ1v) is 11.4. The van der Waals surface area contributed by atoms with Crippen molar-refractivity contribution in [2.45, 2.75) is 36.1 Å². The number of methoxy groups -OCH3 is 1. The Bertz CT molecular complexity index is 1060. The van der Waals surface area contributed by atoms with Crippen LogP contribution in [-0.2, 0) is 26.1 Å². The lowest BCUT2D eigenvalue weighted by atomic mass is 10.1. The lowest BCUT2D eigenvalue weighted by Crippen LogP contribution is -2.49. The Morgan fingerprint density at radius 1 is 1.19 bits per heavy atom. The minimum atomic E-state index is -3.90. The molecule has 1 amide bonds. The van der Waals surface area contributed by atoms with Gasteiger partial charge in [-0.3, -0.25) is 4.79 Å². The summed E-state index contributed by atoms with van der Waals surface area (Å²) in [5.74, 6) is -0.253. The summed E-state index contributed by atoms with van der Waals surface area (Å²) < 4.78 is 51.6. The highest BCUT2D eigenvalue weighted by atomic mass is 32.2. The van der Waals surface area contributed by atoms with Crippen molar-refractivity contribution >= 4 is 15.9 Å². The van der Waals surface area contributed by atoms with Gasteiger partial charge in [0.2, 0.25) is 15.9 Å². The maximum atomic E-state index is 12.9. The van der Waals surface area contributed by atoms with Crippen LogP contribution in [0.15, 0.2) is 65.6 Å². The standard InChI is InChI=1S/C22H25FN2O6S/c1-30-17-3-2-4-19(11-17)32(28,29)25-20-10-9-18(31-21(20)14-26)12-22(27)24-13-15-5-7-16(23)8-6-15/h2-11,18,20-21,25-26H,12-14H2,1H3,(H,24,27)/t18-,20+,21-/m0/s1. The maximum absolute atomic E-state index is 12.9. The van der Waals surface area contributed by atoms with Gasteiger partial charge in [0.1, 0.15) is 17.7 Å². The summed E-state index contributed by atoms with van der Waals surface area (Å²) in [6, 6.07) is 11.0. The number of benzene rings is 2. The van der Waals surface area contributed by atoms with Crippen LogP contribution < -0.4 is 14.8 Å². The Kier molecular flexibility index (Phi) is 7.97. The number of rotatable bonds is 9. The van der Waals surface area contributed by atoms with Gasteiger partial charge in [0.05, 0.1) is 37.2 Å². The molecule has 0 saturated heterocycles. The van der Waals surface area contributed by atoms with Gasteiger partial charge in [0, 0.05) is 12.6 Å². The van der Waals surface area contributed by atoms with Crippen LogP contribution in [0.25, 0.3) is 0 Å². The second-order valence-electron chi connectivity index (χ2n) is 7.21. The molecule has 3 N–H and O–H groups in total. The smallest absolute Gasteiger partial charge is 0.241 e. The molecule has 0 saturated carbocycles. The molecule has 0 fully saturated rings. The number of sulfonamides is 1. The van der Waals surface area contributed by atoms with Gasteiger partial charge >= 0.3 is 0 Å². The zero-order valence-electron chi connectivity index (χ0n) is 17.4. The number of nitrogens with one attached hydrogen (secondary N) is 2. The molecule has 0 aliphatic carbocycles. The van der Waals surface area contributed by atoms with Crippen LogP contribution >= 0.6 is 0 Å². The quantitative estimate of drug-likeness (QED) is 0.485. The van der Waals surface area contributed by atoms with Crippen molar-refractivity contribution < 1.29 is 32.2 Å². The topological polar surface area (TPSA) is 114 Å². The van der Waals surface area contributed by atoms with Crippen molar-refractivity contribution in [3.05, 3.63) is 72.1 Å². The summed E-state index contributed by atoms with van der Waals surface area (Å²) in [6.07, 6.45) is 1.65.